The minimum atomic E-state index is -1.70. The van der Waals surface area contributed by atoms with Crippen LogP contribution in [-0.2, 0) is 11.4 Å². The fraction of sp³-hybridized carbons (Fsp3) is 0.105. The molecule has 0 atom stereocenters. The number of carbonyl (C=O) groups is 2. The molecular formula is C19H13ClF3N3O3S. The first kappa shape index (κ1) is 21.6. The summed E-state index contributed by atoms with van der Waals surface area (Å²) in [7, 11) is 0. The quantitative estimate of drug-likeness (QED) is 0.524. The van der Waals surface area contributed by atoms with Gasteiger partial charge in [0.25, 0.3) is 5.91 Å². The van der Waals surface area contributed by atoms with Crippen LogP contribution in [0.2, 0.25) is 5.02 Å². The standard InChI is InChI=1S/C19H13ClF3N3O3S/c20-10-1-3-11(4-2-10)29-8-16-26-14(9-30-16)19(28)24-7-15(27)25-13-6-5-12(21)17(22)18(13)23/h1-6,9H,7-8H2,(H,24,28)(H,25,27). The molecule has 1 aromatic heterocycles. The zero-order chi connectivity index (χ0) is 21.7. The van der Waals surface area contributed by atoms with Crippen molar-refractivity contribution in [3.63, 3.8) is 0 Å². The van der Waals surface area contributed by atoms with Crippen molar-refractivity contribution >= 4 is 40.4 Å². The van der Waals surface area contributed by atoms with Gasteiger partial charge >= 0.3 is 0 Å². The summed E-state index contributed by atoms with van der Waals surface area (Å²) in [6, 6.07) is 8.29. The van der Waals surface area contributed by atoms with Crippen LogP contribution in [0.1, 0.15) is 15.5 Å². The van der Waals surface area contributed by atoms with Crippen LogP contribution >= 0.6 is 22.9 Å². The first-order chi connectivity index (χ1) is 14.3. The minimum absolute atomic E-state index is 0.0708. The summed E-state index contributed by atoms with van der Waals surface area (Å²) in [4.78, 5) is 28.0. The lowest BCUT2D eigenvalue weighted by molar-refractivity contribution is -0.115. The summed E-state index contributed by atoms with van der Waals surface area (Å²) in [5.41, 5.74) is -0.468. The van der Waals surface area contributed by atoms with Gasteiger partial charge < -0.3 is 15.4 Å². The Labute approximate surface area is 177 Å². The first-order valence-corrected chi connectivity index (χ1v) is 9.63. The Bertz CT molecular complexity index is 1080. The second kappa shape index (κ2) is 9.59. The molecule has 2 aromatic carbocycles. The van der Waals surface area contributed by atoms with E-state index >= 15 is 0 Å². The van der Waals surface area contributed by atoms with E-state index in [0.29, 0.717) is 21.8 Å². The zero-order valence-corrected chi connectivity index (χ0v) is 16.6. The smallest absolute Gasteiger partial charge is 0.271 e. The van der Waals surface area contributed by atoms with Gasteiger partial charge in [-0.2, -0.15) is 0 Å². The molecule has 11 heteroatoms. The van der Waals surface area contributed by atoms with Gasteiger partial charge in [-0.3, -0.25) is 9.59 Å². The van der Waals surface area contributed by atoms with Gasteiger partial charge in [0.05, 0.1) is 12.2 Å². The Hall–Kier alpha value is -3.11. The number of nitrogens with zero attached hydrogens (tertiary/aromatic N) is 1. The number of anilines is 1. The SMILES string of the molecule is O=C(CNC(=O)c1csc(COc2ccc(Cl)cc2)n1)Nc1ccc(F)c(F)c1F. The van der Waals surface area contributed by atoms with E-state index in [0.717, 1.165) is 6.07 Å². The number of hydrogen-bond acceptors (Lipinski definition) is 5. The lowest BCUT2D eigenvalue weighted by Crippen LogP contribution is -2.33. The molecule has 0 aliphatic heterocycles. The van der Waals surface area contributed by atoms with Gasteiger partial charge in [0, 0.05) is 10.4 Å². The van der Waals surface area contributed by atoms with Crippen molar-refractivity contribution < 1.29 is 27.5 Å². The summed E-state index contributed by atoms with van der Waals surface area (Å²) in [6.07, 6.45) is 0. The molecule has 2 amide bonds. The van der Waals surface area contributed by atoms with Crippen molar-refractivity contribution in [3.8, 4) is 5.75 Å². The van der Waals surface area contributed by atoms with Gasteiger partial charge in [0.2, 0.25) is 5.91 Å². The van der Waals surface area contributed by atoms with E-state index in [9.17, 15) is 22.8 Å². The largest absolute Gasteiger partial charge is 0.486 e. The number of amides is 2. The number of aromatic nitrogens is 1. The molecule has 0 bridgehead atoms. The van der Waals surface area contributed by atoms with Crippen LogP contribution in [0.3, 0.4) is 0 Å². The molecule has 1 heterocycles. The molecule has 30 heavy (non-hydrogen) atoms. The Morgan fingerprint density at radius 1 is 1.07 bits per heavy atom. The van der Waals surface area contributed by atoms with Gasteiger partial charge in [-0.15, -0.1) is 11.3 Å². The second-order valence-electron chi connectivity index (χ2n) is 5.82. The highest BCUT2D eigenvalue weighted by Crippen LogP contribution is 2.20. The van der Waals surface area contributed by atoms with Crippen molar-refractivity contribution in [2.75, 3.05) is 11.9 Å². The van der Waals surface area contributed by atoms with Gasteiger partial charge in [0.15, 0.2) is 17.5 Å². The monoisotopic (exact) mass is 455 g/mol. The summed E-state index contributed by atoms with van der Waals surface area (Å²) in [5.74, 6) is -5.48. The Kier molecular flexibility index (Phi) is 6.91. The average molecular weight is 456 g/mol. The van der Waals surface area contributed by atoms with E-state index in [2.05, 4.69) is 15.6 Å². The topological polar surface area (TPSA) is 80.3 Å². The van der Waals surface area contributed by atoms with Crippen LogP contribution in [0.4, 0.5) is 18.9 Å². The van der Waals surface area contributed by atoms with E-state index in [1.165, 1.54) is 16.7 Å². The number of rotatable bonds is 7. The number of carbonyl (C=O) groups excluding carboxylic acids is 2. The predicted octanol–water partition coefficient (Wildman–Crippen LogP) is 4.16. The molecule has 0 saturated carbocycles. The molecular weight excluding hydrogens is 443 g/mol. The number of thiazole rings is 1. The summed E-state index contributed by atoms with van der Waals surface area (Å²) in [6.45, 7) is -0.388. The van der Waals surface area contributed by atoms with E-state index in [4.69, 9.17) is 16.3 Å². The third kappa shape index (κ3) is 5.49. The Morgan fingerprint density at radius 2 is 1.80 bits per heavy atom. The maximum absolute atomic E-state index is 13.6. The molecule has 6 nitrogen and oxygen atoms in total. The molecule has 0 aliphatic carbocycles. The Morgan fingerprint density at radius 3 is 2.53 bits per heavy atom. The van der Waals surface area contributed by atoms with Crippen molar-refractivity contribution in [3.05, 3.63) is 75.0 Å². The lowest BCUT2D eigenvalue weighted by Gasteiger charge is -2.08. The van der Waals surface area contributed by atoms with E-state index in [1.54, 1.807) is 24.3 Å². The molecule has 0 saturated heterocycles. The van der Waals surface area contributed by atoms with Crippen molar-refractivity contribution in [1.82, 2.24) is 10.3 Å². The predicted molar refractivity (Wildman–Crippen MR) is 105 cm³/mol. The highest BCUT2D eigenvalue weighted by atomic mass is 35.5. The average Bonchev–Trinajstić information content (AvgIpc) is 3.21. The van der Waals surface area contributed by atoms with Crippen molar-refractivity contribution in [1.29, 1.82) is 0 Å². The molecule has 3 aromatic rings. The number of hydrogen-bond donors (Lipinski definition) is 2. The lowest BCUT2D eigenvalue weighted by atomic mass is 10.2. The molecule has 0 fully saturated rings. The summed E-state index contributed by atoms with van der Waals surface area (Å²) in [5, 5.41) is 6.95. The van der Waals surface area contributed by atoms with Gasteiger partial charge in [0.1, 0.15) is 23.1 Å². The van der Waals surface area contributed by atoms with E-state index < -0.39 is 41.5 Å². The molecule has 156 valence electrons. The number of halogens is 4. The van der Waals surface area contributed by atoms with Gasteiger partial charge in [-0.1, -0.05) is 11.6 Å². The molecule has 2 N–H and O–H groups in total. The third-order valence-corrected chi connectivity index (χ3v) is 4.75. The van der Waals surface area contributed by atoms with Crippen molar-refractivity contribution in [2.24, 2.45) is 0 Å². The normalized spacial score (nSPS) is 10.5. The third-order valence-electron chi connectivity index (χ3n) is 3.68. The second-order valence-corrected chi connectivity index (χ2v) is 7.20. The zero-order valence-electron chi connectivity index (χ0n) is 15.0. The van der Waals surface area contributed by atoms with E-state index in [-0.39, 0.29) is 12.3 Å². The van der Waals surface area contributed by atoms with Crippen molar-refractivity contribution in [2.45, 2.75) is 6.61 Å². The summed E-state index contributed by atoms with van der Waals surface area (Å²) < 4.78 is 45.2. The number of nitrogens with one attached hydrogen (secondary N) is 2. The van der Waals surface area contributed by atoms with Gasteiger partial charge in [-0.05, 0) is 36.4 Å². The van der Waals surface area contributed by atoms with Crippen LogP contribution in [0.25, 0.3) is 0 Å². The van der Waals surface area contributed by atoms with Crippen LogP contribution < -0.4 is 15.4 Å². The fourth-order valence-corrected chi connectivity index (χ4v) is 3.04. The van der Waals surface area contributed by atoms with Crippen LogP contribution in [0, 0.1) is 17.5 Å². The van der Waals surface area contributed by atoms with Gasteiger partial charge in [-0.25, -0.2) is 18.2 Å². The van der Waals surface area contributed by atoms with Crippen LogP contribution in [0.5, 0.6) is 5.75 Å². The maximum atomic E-state index is 13.6. The fourth-order valence-electron chi connectivity index (χ4n) is 2.23. The highest BCUT2D eigenvalue weighted by Gasteiger charge is 2.16. The Balaban J connectivity index is 1.49. The molecule has 0 spiro atoms. The minimum Gasteiger partial charge on any atom is -0.486 e. The molecule has 0 aliphatic rings. The maximum Gasteiger partial charge on any atom is 0.271 e. The molecule has 0 unspecified atom stereocenters. The highest BCUT2D eigenvalue weighted by molar-refractivity contribution is 7.09. The van der Waals surface area contributed by atoms with Crippen LogP contribution in [0.15, 0.2) is 41.8 Å². The first-order valence-electron chi connectivity index (χ1n) is 8.38. The molecule has 0 radical (unpaired) electrons. The summed E-state index contributed by atoms with van der Waals surface area (Å²) >= 11 is 6.99. The number of ether oxygens (including phenoxy) is 1. The molecule has 3 rings (SSSR count). The number of benzene rings is 2. The van der Waals surface area contributed by atoms with E-state index in [1.807, 2.05) is 0 Å². The van der Waals surface area contributed by atoms with Crippen LogP contribution in [-0.4, -0.2) is 23.3 Å².